The number of benzene rings is 1. The van der Waals surface area contributed by atoms with Crippen molar-refractivity contribution in [2.75, 3.05) is 6.54 Å². The predicted octanol–water partition coefficient (Wildman–Crippen LogP) is 2.32. The first kappa shape index (κ1) is 13.7. The van der Waals surface area contributed by atoms with Crippen LogP contribution >= 0.6 is 0 Å². The van der Waals surface area contributed by atoms with Gasteiger partial charge in [0.2, 0.25) is 0 Å². The van der Waals surface area contributed by atoms with Gasteiger partial charge in [0.25, 0.3) is 0 Å². The molecular weight excluding hydrogens is 214 g/mol. The van der Waals surface area contributed by atoms with Gasteiger partial charge in [0.1, 0.15) is 0 Å². The van der Waals surface area contributed by atoms with Gasteiger partial charge >= 0.3 is 5.97 Å². The molecule has 3 heteroatoms. The molecule has 0 aromatic heterocycles. The summed E-state index contributed by atoms with van der Waals surface area (Å²) in [4.78, 5) is 10.7. The SMILES string of the molecule is CC(CCc1ccccc1)NCC(C)C(=O)O. The molecule has 94 valence electrons. The molecule has 1 aromatic rings. The molecule has 2 atom stereocenters. The maximum Gasteiger partial charge on any atom is 0.307 e. The summed E-state index contributed by atoms with van der Waals surface area (Å²) >= 11 is 0. The third kappa shape index (κ3) is 5.50. The average Bonchev–Trinajstić information content (AvgIpc) is 2.34. The van der Waals surface area contributed by atoms with Crippen LogP contribution in [-0.2, 0) is 11.2 Å². The largest absolute Gasteiger partial charge is 0.481 e. The third-order valence-electron chi connectivity index (χ3n) is 2.90. The molecule has 3 nitrogen and oxygen atoms in total. The van der Waals surface area contributed by atoms with E-state index in [0.29, 0.717) is 12.6 Å². The van der Waals surface area contributed by atoms with Gasteiger partial charge < -0.3 is 10.4 Å². The molecular formula is C14H21NO2. The van der Waals surface area contributed by atoms with E-state index in [9.17, 15) is 4.79 Å². The van der Waals surface area contributed by atoms with Gasteiger partial charge in [-0.15, -0.1) is 0 Å². The highest BCUT2D eigenvalue weighted by atomic mass is 16.4. The monoisotopic (exact) mass is 235 g/mol. The second-order valence-electron chi connectivity index (χ2n) is 4.57. The zero-order valence-corrected chi connectivity index (χ0v) is 10.5. The molecule has 0 radical (unpaired) electrons. The summed E-state index contributed by atoms with van der Waals surface area (Å²) in [6.07, 6.45) is 2.05. The van der Waals surface area contributed by atoms with Crippen molar-refractivity contribution >= 4 is 5.97 Å². The Labute approximate surface area is 103 Å². The first-order valence-corrected chi connectivity index (χ1v) is 6.09. The first-order chi connectivity index (χ1) is 8.09. The maximum absolute atomic E-state index is 10.7. The molecule has 1 rings (SSSR count). The van der Waals surface area contributed by atoms with E-state index < -0.39 is 5.97 Å². The molecule has 0 amide bonds. The first-order valence-electron chi connectivity index (χ1n) is 6.09. The van der Waals surface area contributed by atoms with Crippen molar-refractivity contribution in [2.45, 2.75) is 32.7 Å². The fourth-order valence-electron chi connectivity index (χ4n) is 1.60. The van der Waals surface area contributed by atoms with Crippen LogP contribution in [0.1, 0.15) is 25.8 Å². The summed E-state index contributed by atoms with van der Waals surface area (Å²) in [6, 6.07) is 10.7. The molecule has 0 saturated heterocycles. The van der Waals surface area contributed by atoms with Crippen molar-refractivity contribution in [1.82, 2.24) is 5.32 Å². The molecule has 0 aliphatic heterocycles. The highest BCUT2D eigenvalue weighted by Crippen LogP contribution is 2.05. The molecule has 1 aromatic carbocycles. The lowest BCUT2D eigenvalue weighted by Crippen LogP contribution is -2.33. The smallest absolute Gasteiger partial charge is 0.307 e. The minimum Gasteiger partial charge on any atom is -0.481 e. The van der Waals surface area contributed by atoms with Gasteiger partial charge in [-0.2, -0.15) is 0 Å². The third-order valence-corrected chi connectivity index (χ3v) is 2.90. The molecule has 17 heavy (non-hydrogen) atoms. The zero-order chi connectivity index (χ0) is 12.7. The molecule has 0 aliphatic rings. The summed E-state index contributed by atoms with van der Waals surface area (Å²) in [7, 11) is 0. The standard InChI is InChI=1S/C14H21NO2/c1-11(14(16)17)10-15-12(2)8-9-13-6-4-3-5-7-13/h3-7,11-12,15H,8-10H2,1-2H3,(H,16,17). The minimum absolute atomic E-state index is 0.325. The van der Waals surface area contributed by atoms with Gasteiger partial charge in [0.05, 0.1) is 5.92 Å². The van der Waals surface area contributed by atoms with Crippen LogP contribution in [0.5, 0.6) is 0 Å². The molecule has 0 fully saturated rings. The Balaban J connectivity index is 2.22. The van der Waals surface area contributed by atoms with Crippen LogP contribution in [0.3, 0.4) is 0 Å². The highest BCUT2D eigenvalue weighted by Gasteiger charge is 2.11. The van der Waals surface area contributed by atoms with Crippen LogP contribution in [-0.4, -0.2) is 23.7 Å². The van der Waals surface area contributed by atoms with E-state index in [-0.39, 0.29) is 5.92 Å². The Bertz CT molecular complexity index is 337. The van der Waals surface area contributed by atoms with E-state index in [1.165, 1.54) is 5.56 Å². The lowest BCUT2D eigenvalue weighted by molar-refractivity contribution is -0.140. The van der Waals surface area contributed by atoms with Crippen molar-refractivity contribution < 1.29 is 9.90 Å². The quantitative estimate of drug-likeness (QED) is 0.762. The lowest BCUT2D eigenvalue weighted by atomic mass is 10.1. The second kappa shape index (κ2) is 7.07. The zero-order valence-electron chi connectivity index (χ0n) is 10.5. The number of nitrogens with one attached hydrogen (secondary N) is 1. The second-order valence-corrected chi connectivity index (χ2v) is 4.57. The van der Waals surface area contributed by atoms with Crippen LogP contribution in [0.4, 0.5) is 0 Å². The predicted molar refractivity (Wildman–Crippen MR) is 69.0 cm³/mol. The van der Waals surface area contributed by atoms with Gasteiger partial charge in [-0.25, -0.2) is 0 Å². The number of rotatable bonds is 7. The van der Waals surface area contributed by atoms with Crippen LogP contribution in [0, 0.1) is 5.92 Å². The molecule has 0 aliphatic carbocycles. The summed E-state index contributed by atoms with van der Waals surface area (Å²) < 4.78 is 0. The van der Waals surface area contributed by atoms with Crippen molar-refractivity contribution in [2.24, 2.45) is 5.92 Å². The van der Waals surface area contributed by atoms with Gasteiger partial charge in [-0.1, -0.05) is 37.3 Å². The number of aryl methyl sites for hydroxylation is 1. The number of hydrogen-bond donors (Lipinski definition) is 2. The van der Waals surface area contributed by atoms with E-state index in [0.717, 1.165) is 12.8 Å². The van der Waals surface area contributed by atoms with Gasteiger partial charge in [0, 0.05) is 12.6 Å². The van der Waals surface area contributed by atoms with E-state index >= 15 is 0 Å². The average molecular weight is 235 g/mol. The number of aliphatic carboxylic acids is 1. The lowest BCUT2D eigenvalue weighted by Gasteiger charge is -2.15. The molecule has 0 saturated carbocycles. The highest BCUT2D eigenvalue weighted by molar-refractivity contribution is 5.69. The Morgan fingerprint density at radius 3 is 2.53 bits per heavy atom. The van der Waals surface area contributed by atoms with E-state index in [2.05, 4.69) is 24.4 Å². The Kier molecular flexibility index (Phi) is 5.70. The molecule has 0 bridgehead atoms. The van der Waals surface area contributed by atoms with Crippen molar-refractivity contribution in [3.8, 4) is 0 Å². The normalized spacial score (nSPS) is 14.2. The summed E-state index contributed by atoms with van der Waals surface area (Å²) in [5.74, 6) is -1.07. The van der Waals surface area contributed by atoms with Crippen molar-refractivity contribution in [3.05, 3.63) is 35.9 Å². The summed E-state index contributed by atoms with van der Waals surface area (Å²) in [5, 5.41) is 12.0. The van der Waals surface area contributed by atoms with Crippen LogP contribution < -0.4 is 5.32 Å². The van der Waals surface area contributed by atoms with Gasteiger partial charge in [0.15, 0.2) is 0 Å². The molecule has 2 N–H and O–H groups in total. The molecule has 0 heterocycles. The Hall–Kier alpha value is -1.35. The fourth-order valence-corrected chi connectivity index (χ4v) is 1.60. The Morgan fingerprint density at radius 2 is 1.94 bits per heavy atom. The van der Waals surface area contributed by atoms with Crippen molar-refractivity contribution in [3.63, 3.8) is 0 Å². The fraction of sp³-hybridized carbons (Fsp3) is 0.500. The van der Waals surface area contributed by atoms with Crippen LogP contribution in [0.2, 0.25) is 0 Å². The summed E-state index contributed by atoms with van der Waals surface area (Å²) in [5.41, 5.74) is 1.33. The van der Waals surface area contributed by atoms with Gasteiger partial charge in [-0.3, -0.25) is 4.79 Å². The van der Waals surface area contributed by atoms with E-state index in [4.69, 9.17) is 5.11 Å². The molecule has 0 spiro atoms. The van der Waals surface area contributed by atoms with Crippen molar-refractivity contribution in [1.29, 1.82) is 0 Å². The Morgan fingerprint density at radius 1 is 1.29 bits per heavy atom. The van der Waals surface area contributed by atoms with E-state index in [1.54, 1.807) is 6.92 Å². The number of carbonyl (C=O) groups is 1. The van der Waals surface area contributed by atoms with Crippen LogP contribution in [0.25, 0.3) is 0 Å². The maximum atomic E-state index is 10.7. The van der Waals surface area contributed by atoms with Gasteiger partial charge in [-0.05, 0) is 25.3 Å². The number of carboxylic acid groups (broad SMARTS) is 1. The van der Waals surface area contributed by atoms with Crippen LogP contribution in [0.15, 0.2) is 30.3 Å². The minimum atomic E-state index is -0.743. The topological polar surface area (TPSA) is 49.3 Å². The summed E-state index contributed by atoms with van der Waals surface area (Å²) in [6.45, 7) is 4.35. The number of hydrogen-bond acceptors (Lipinski definition) is 2. The van der Waals surface area contributed by atoms with E-state index in [1.807, 2.05) is 18.2 Å². The molecule has 2 unspecified atom stereocenters. The number of carboxylic acids is 1.